The highest BCUT2D eigenvalue weighted by Crippen LogP contribution is 2.27. The average Bonchev–Trinajstić information content (AvgIpc) is 2.74. The van der Waals surface area contributed by atoms with Gasteiger partial charge in [0.25, 0.3) is 0 Å². The molecule has 0 aliphatic heterocycles. The maximum atomic E-state index is 12.4. The lowest BCUT2D eigenvalue weighted by atomic mass is 10.1. The standard InChI is InChI=1S/C14H19NO4S/c1-9-5-3-7-12(9)15-20(18,19)13-8-4-6-11(10(13)2)14(16)17/h4,6,8-9,12,15H,3,5,7H2,1-2H3,(H,16,17). The number of nitrogens with one attached hydrogen (secondary N) is 1. The molecule has 2 unspecified atom stereocenters. The zero-order valence-corrected chi connectivity index (χ0v) is 12.4. The Hall–Kier alpha value is -1.40. The highest BCUT2D eigenvalue weighted by Gasteiger charge is 2.29. The zero-order valence-electron chi connectivity index (χ0n) is 11.6. The summed E-state index contributed by atoms with van der Waals surface area (Å²) in [6.45, 7) is 3.55. The Bertz CT molecular complexity index is 624. The molecule has 0 bridgehead atoms. The molecule has 2 N–H and O–H groups in total. The summed E-state index contributed by atoms with van der Waals surface area (Å²) < 4.78 is 27.6. The molecular weight excluding hydrogens is 278 g/mol. The predicted octanol–water partition coefficient (Wildman–Crippen LogP) is 2.16. The van der Waals surface area contributed by atoms with Gasteiger partial charge >= 0.3 is 5.97 Å². The fourth-order valence-corrected chi connectivity index (χ4v) is 4.37. The second-order valence-corrected chi connectivity index (χ2v) is 7.05. The van der Waals surface area contributed by atoms with E-state index in [1.165, 1.54) is 25.1 Å². The smallest absolute Gasteiger partial charge is 0.335 e. The van der Waals surface area contributed by atoms with Crippen LogP contribution in [0, 0.1) is 12.8 Å². The fourth-order valence-electron chi connectivity index (χ4n) is 2.72. The van der Waals surface area contributed by atoms with Crippen molar-refractivity contribution in [2.45, 2.75) is 44.0 Å². The van der Waals surface area contributed by atoms with Gasteiger partial charge in [0.05, 0.1) is 10.5 Å². The van der Waals surface area contributed by atoms with Gasteiger partial charge in [0.15, 0.2) is 0 Å². The molecule has 0 amide bonds. The quantitative estimate of drug-likeness (QED) is 0.892. The van der Waals surface area contributed by atoms with Crippen molar-refractivity contribution in [3.63, 3.8) is 0 Å². The van der Waals surface area contributed by atoms with Crippen LogP contribution in [0.1, 0.15) is 42.1 Å². The van der Waals surface area contributed by atoms with Crippen molar-refractivity contribution < 1.29 is 18.3 Å². The predicted molar refractivity (Wildman–Crippen MR) is 75.3 cm³/mol. The summed E-state index contributed by atoms with van der Waals surface area (Å²) in [5, 5.41) is 9.07. The van der Waals surface area contributed by atoms with E-state index < -0.39 is 16.0 Å². The van der Waals surface area contributed by atoms with Crippen LogP contribution in [0.15, 0.2) is 23.1 Å². The van der Waals surface area contributed by atoms with Gasteiger partial charge in [-0.25, -0.2) is 17.9 Å². The molecule has 0 heterocycles. The molecule has 5 nitrogen and oxygen atoms in total. The van der Waals surface area contributed by atoms with Gasteiger partial charge in [-0.2, -0.15) is 0 Å². The molecule has 0 radical (unpaired) electrons. The summed E-state index contributed by atoms with van der Waals surface area (Å²) in [5.74, 6) is -0.804. The van der Waals surface area contributed by atoms with Crippen molar-refractivity contribution in [1.29, 1.82) is 0 Å². The molecule has 1 aliphatic carbocycles. The molecule has 2 rings (SSSR count). The molecule has 0 aromatic heterocycles. The number of sulfonamides is 1. The first-order valence-electron chi connectivity index (χ1n) is 6.68. The number of carbonyl (C=O) groups is 1. The van der Waals surface area contributed by atoms with Crippen molar-refractivity contribution >= 4 is 16.0 Å². The molecule has 1 aromatic rings. The number of carboxylic acid groups (broad SMARTS) is 1. The number of hydrogen-bond donors (Lipinski definition) is 2. The van der Waals surface area contributed by atoms with E-state index in [2.05, 4.69) is 4.72 Å². The number of rotatable bonds is 4. The maximum absolute atomic E-state index is 12.4. The first kappa shape index (κ1) is 15.0. The van der Waals surface area contributed by atoms with Gasteiger partial charge in [-0.15, -0.1) is 0 Å². The molecule has 6 heteroatoms. The van der Waals surface area contributed by atoms with E-state index >= 15 is 0 Å². The van der Waals surface area contributed by atoms with E-state index in [9.17, 15) is 13.2 Å². The Labute approximate surface area is 119 Å². The van der Waals surface area contributed by atoms with Crippen molar-refractivity contribution in [2.24, 2.45) is 5.92 Å². The molecule has 1 fully saturated rings. The van der Waals surface area contributed by atoms with E-state index in [1.807, 2.05) is 6.92 Å². The van der Waals surface area contributed by atoms with Crippen LogP contribution < -0.4 is 4.72 Å². The van der Waals surface area contributed by atoms with Crippen molar-refractivity contribution in [2.75, 3.05) is 0 Å². The topological polar surface area (TPSA) is 83.5 Å². The average molecular weight is 297 g/mol. The van der Waals surface area contributed by atoms with Crippen LogP contribution in [0.3, 0.4) is 0 Å². The third-order valence-corrected chi connectivity index (χ3v) is 5.61. The van der Waals surface area contributed by atoms with E-state index in [0.29, 0.717) is 5.92 Å². The first-order chi connectivity index (χ1) is 9.33. The Morgan fingerprint density at radius 3 is 2.60 bits per heavy atom. The maximum Gasteiger partial charge on any atom is 0.335 e. The Kier molecular flexibility index (Phi) is 4.15. The zero-order chi connectivity index (χ0) is 14.9. The van der Waals surface area contributed by atoms with Crippen LogP contribution in [-0.4, -0.2) is 25.5 Å². The van der Waals surface area contributed by atoms with Crippen molar-refractivity contribution in [1.82, 2.24) is 4.72 Å². The van der Waals surface area contributed by atoms with Crippen molar-refractivity contribution in [3.05, 3.63) is 29.3 Å². The summed E-state index contributed by atoms with van der Waals surface area (Å²) in [6, 6.07) is 4.26. The van der Waals surface area contributed by atoms with Crippen molar-refractivity contribution in [3.8, 4) is 0 Å². The van der Waals surface area contributed by atoms with E-state index in [0.717, 1.165) is 19.3 Å². The van der Waals surface area contributed by atoms with E-state index in [-0.39, 0.29) is 22.1 Å². The minimum Gasteiger partial charge on any atom is -0.478 e. The van der Waals surface area contributed by atoms with Crippen LogP contribution in [0.4, 0.5) is 0 Å². The van der Waals surface area contributed by atoms with Gasteiger partial charge in [-0.1, -0.05) is 19.4 Å². The van der Waals surface area contributed by atoms with Gasteiger partial charge in [0, 0.05) is 6.04 Å². The minimum atomic E-state index is -3.68. The van der Waals surface area contributed by atoms with Crippen LogP contribution >= 0.6 is 0 Å². The van der Waals surface area contributed by atoms with Gasteiger partial charge < -0.3 is 5.11 Å². The van der Waals surface area contributed by atoms with Crippen LogP contribution in [-0.2, 0) is 10.0 Å². The highest BCUT2D eigenvalue weighted by atomic mass is 32.2. The Balaban J connectivity index is 2.35. The fraction of sp³-hybridized carbons (Fsp3) is 0.500. The molecule has 0 spiro atoms. The lowest BCUT2D eigenvalue weighted by Gasteiger charge is -2.18. The summed E-state index contributed by atoms with van der Waals surface area (Å²) in [6.07, 6.45) is 2.86. The monoisotopic (exact) mass is 297 g/mol. The Morgan fingerprint density at radius 2 is 2.05 bits per heavy atom. The largest absolute Gasteiger partial charge is 0.478 e. The third kappa shape index (κ3) is 2.86. The molecule has 1 aromatic carbocycles. The lowest BCUT2D eigenvalue weighted by Crippen LogP contribution is -2.36. The minimum absolute atomic E-state index is 0.0207. The number of aromatic carboxylic acids is 1. The number of benzene rings is 1. The Morgan fingerprint density at radius 1 is 1.35 bits per heavy atom. The molecule has 20 heavy (non-hydrogen) atoms. The van der Waals surface area contributed by atoms with Crippen LogP contribution in [0.5, 0.6) is 0 Å². The second kappa shape index (κ2) is 5.54. The molecular formula is C14H19NO4S. The third-order valence-electron chi connectivity index (χ3n) is 3.97. The summed E-state index contributed by atoms with van der Waals surface area (Å²) in [5.41, 5.74) is 0.297. The van der Waals surface area contributed by atoms with E-state index in [4.69, 9.17) is 5.11 Å². The highest BCUT2D eigenvalue weighted by molar-refractivity contribution is 7.89. The molecule has 2 atom stereocenters. The van der Waals surface area contributed by atoms with Crippen LogP contribution in [0.25, 0.3) is 0 Å². The molecule has 1 aliphatic rings. The van der Waals surface area contributed by atoms with Crippen LogP contribution in [0.2, 0.25) is 0 Å². The number of carboxylic acids is 1. The lowest BCUT2D eigenvalue weighted by molar-refractivity contribution is 0.0696. The van der Waals surface area contributed by atoms with E-state index in [1.54, 1.807) is 0 Å². The normalized spacial score (nSPS) is 22.9. The van der Waals surface area contributed by atoms with Gasteiger partial charge in [0.1, 0.15) is 0 Å². The molecule has 1 saturated carbocycles. The summed E-state index contributed by atoms with van der Waals surface area (Å²) in [7, 11) is -3.68. The molecule has 0 saturated heterocycles. The van der Waals surface area contributed by atoms with Gasteiger partial charge in [0.2, 0.25) is 10.0 Å². The van der Waals surface area contributed by atoms with Gasteiger partial charge in [-0.3, -0.25) is 0 Å². The molecule has 110 valence electrons. The first-order valence-corrected chi connectivity index (χ1v) is 8.16. The van der Waals surface area contributed by atoms with Gasteiger partial charge in [-0.05, 0) is 43.4 Å². The second-order valence-electron chi connectivity index (χ2n) is 5.37. The summed E-state index contributed by atoms with van der Waals surface area (Å²) in [4.78, 5) is 11.1. The SMILES string of the molecule is Cc1c(C(=O)O)cccc1S(=O)(=O)NC1CCCC1C. The number of hydrogen-bond acceptors (Lipinski definition) is 3. The summed E-state index contributed by atoms with van der Waals surface area (Å²) >= 11 is 0.